The van der Waals surface area contributed by atoms with E-state index in [4.69, 9.17) is 17.3 Å². The average Bonchev–Trinajstić information content (AvgIpc) is 2.88. The third kappa shape index (κ3) is 2.05. The molecule has 0 radical (unpaired) electrons. The third-order valence-electron chi connectivity index (χ3n) is 3.72. The Labute approximate surface area is 105 Å². The Kier molecular flexibility index (Phi) is 2.80. The average molecular weight is 254 g/mol. The van der Waals surface area contributed by atoms with Gasteiger partial charge in [0.2, 0.25) is 5.28 Å². The first-order valence-electron chi connectivity index (χ1n) is 6.02. The van der Waals surface area contributed by atoms with Gasteiger partial charge in [0, 0.05) is 18.6 Å². The number of aromatic nitrogens is 2. The van der Waals surface area contributed by atoms with Crippen LogP contribution >= 0.6 is 11.6 Å². The van der Waals surface area contributed by atoms with Crippen LogP contribution in [0, 0.1) is 0 Å². The zero-order valence-corrected chi connectivity index (χ0v) is 10.3. The predicted molar refractivity (Wildman–Crippen MR) is 68.1 cm³/mol. The molecule has 2 saturated heterocycles. The first-order valence-corrected chi connectivity index (χ1v) is 6.40. The molecule has 1 aromatic heterocycles. The van der Waals surface area contributed by atoms with E-state index in [1.54, 1.807) is 6.20 Å². The molecule has 0 spiro atoms. The fraction of sp³-hybridized carbons (Fsp3) is 0.636. The number of fused-ring (bicyclic) bond motifs is 1. The highest BCUT2D eigenvalue weighted by molar-refractivity contribution is 6.28. The number of rotatable bonds is 2. The van der Waals surface area contributed by atoms with Crippen molar-refractivity contribution in [2.45, 2.75) is 31.3 Å². The van der Waals surface area contributed by atoms with E-state index >= 15 is 0 Å². The van der Waals surface area contributed by atoms with Crippen molar-refractivity contribution < 1.29 is 0 Å². The van der Waals surface area contributed by atoms with Crippen LogP contribution in [0.15, 0.2) is 6.20 Å². The van der Waals surface area contributed by atoms with Gasteiger partial charge in [0.1, 0.15) is 0 Å². The van der Waals surface area contributed by atoms with Gasteiger partial charge in [0.25, 0.3) is 0 Å². The van der Waals surface area contributed by atoms with Gasteiger partial charge in [-0.15, -0.1) is 0 Å². The smallest absolute Gasteiger partial charge is 0.224 e. The number of hydrogen-bond donors (Lipinski definition) is 2. The summed E-state index contributed by atoms with van der Waals surface area (Å²) in [6.45, 7) is 2.39. The summed E-state index contributed by atoms with van der Waals surface area (Å²) in [7, 11) is 0. The van der Waals surface area contributed by atoms with Crippen LogP contribution < -0.4 is 11.1 Å². The summed E-state index contributed by atoms with van der Waals surface area (Å²) in [4.78, 5) is 10.5. The molecule has 92 valence electrons. The minimum atomic E-state index is 0.239. The van der Waals surface area contributed by atoms with Crippen molar-refractivity contribution in [2.75, 3.05) is 24.1 Å². The lowest BCUT2D eigenvalue weighted by Gasteiger charge is -2.22. The summed E-state index contributed by atoms with van der Waals surface area (Å²) in [6, 6.07) is 1.06. The van der Waals surface area contributed by atoms with Crippen molar-refractivity contribution in [3.8, 4) is 0 Å². The maximum Gasteiger partial charge on any atom is 0.224 e. The molecule has 0 saturated carbocycles. The van der Waals surface area contributed by atoms with E-state index in [0.717, 1.165) is 6.42 Å². The lowest BCUT2D eigenvalue weighted by atomic mass is 10.1. The Bertz CT molecular complexity index is 424. The van der Waals surface area contributed by atoms with Crippen molar-refractivity contribution in [1.82, 2.24) is 14.9 Å². The second-order valence-electron chi connectivity index (χ2n) is 4.73. The van der Waals surface area contributed by atoms with Gasteiger partial charge in [-0.1, -0.05) is 0 Å². The molecule has 2 aliphatic heterocycles. The van der Waals surface area contributed by atoms with E-state index in [9.17, 15) is 0 Å². The molecule has 3 heterocycles. The highest BCUT2D eigenvalue weighted by Gasteiger charge is 2.37. The zero-order valence-electron chi connectivity index (χ0n) is 9.56. The lowest BCUT2D eigenvalue weighted by Crippen LogP contribution is -2.34. The van der Waals surface area contributed by atoms with Gasteiger partial charge in [0.15, 0.2) is 5.82 Å². The topological polar surface area (TPSA) is 67.1 Å². The molecule has 6 heteroatoms. The Balaban J connectivity index is 1.76. The maximum absolute atomic E-state index is 5.84. The van der Waals surface area contributed by atoms with Crippen LogP contribution in [0.4, 0.5) is 11.5 Å². The van der Waals surface area contributed by atoms with Gasteiger partial charge >= 0.3 is 0 Å². The van der Waals surface area contributed by atoms with Crippen LogP contribution in [0.2, 0.25) is 5.28 Å². The minimum Gasteiger partial charge on any atom is -0.394 e. The van der Waals surface area contributed by atoms with Crippen LogP contribution in [0.3, 0.4) is 0 Å². The molecule has 2 atom stereocenters. The molecule has 2 fully saturated rings. The second-order valence-corrected chi connectivity index (χ2v) is 5.07. The SMILES string of the molecule is Nc1cnc(Cl)nc1NC1CCN2CCCC12. The van der Waals surface area contributed by atoms with E-state index in [1.807, 2.05) is 0 Å². The third-order valence-corrected chi connectivity index (χ3v) is 3.90. The Morgan fingerprint density at radius 3 is 3.18 bits per heavy atom. The number of nitrogens with two attached hydrogens (primary N) is 1. The molecule has 5 nitrogen and oxygen atoms in total. The van der Waals surface area contributed by atoms with Crippen molar-refractivity contribution in [3.63, 3.8) is 0 Å². The number of nitrogens with one attached hydrogen (secondary N) is 1. The van der Waals surface area contributed by atoms with Crippen LogP contribution in [-0.2, 0) is 0 Å². The van der Waals surface area contributed by atoms with Crippen molar-refractivity contribution in [3.05, 3.63) is 11.5 Å². The number of nitrogen functional groups attached to an aromatic ring is 1. The van der Waals surface area contributed by atoms with Crippen LogP contribution in [0.5, 0.6) is 0 Å². The van der Waals surface area contributed by atoms with E-state index in [0.29, 0.717) is 23.6 Å². The molecule has 3 N–H and O–H groups in total. The van der Waals surface area contributed by atoms with E-state index in [1.165, 1.54) is 25.9 Å². The highest BCUT2D eigenvalue weighted by Crippen LogP contribution is 2.30. The standard InChI is InChI=1S/C11H16ClN5/c12-11-14-6-7(13)10(16-11)15-8-3-5-17-4-1-2-9(8)17/h6,8-9H,1-5,13H2,(H,14,15,16). The largest absolute Gasteiger partial charge is 0.394 e. The molecule has 0 aromatic carbocycles. The highest BCUT2D eigenvalue weighted by atomic mass is 35.5. The Hall–Kier alpha value is -1.07. The van der Waals surface area contributed by atoms with Crippen LogP contribution in [-0.4, -0.2) is 40.0 Å². The number of hydrogen-bond acceptors (Lipinski definition) is 5. The molecular weight excluding hydrogens is 238 g/mol. The molecule has 3 rings (SSSR count). The van der Waals surface area contributed by atoms with Crippen LogP contribution in [0.1, 0.15) is 19.3 Å². The molecule has 2 unspecified atom stereocenters. The Morgan fingerprint density at radius 1 is 1.41 bits per heavy atom. The van der Waals surface area contributed by atoms with Gasteiger partial charge in [-0.2, -0.15) is 4.98 Å². The predicted octanol–water partition coefficient (Wildman–Crippen LogP) is 1.36. The quantitative estimate of drug-likeness (QED) is 0.779. The molecular formula is C11H16ClN5. The van der Waals surface area contributed by atoms with Crippen molar-refractivity contribution >= 4 is 23.1 Å². The molecule has 0 bridgehead atoms. The van der Waals surface area contributed by atoms with Crippen LogP contribution in [0.25, 0.3) is 0 Å². The van der Waals surface area contributed by atoms with Crippen molar-refractivity contribution in [1.29, 1.82) is 0 Å². The first kappa shape index (κ1) is 11.0. The molecule has 0 aliphatic carbocycles. The summed E-state index contributed by atoms with van der Waals surface area (Å²) >= 11 is 5.79. The molecule has 17 heavy (non-hydrogen) atoms. The van der Waals surface area contributed by atoms with Gasteiger partial charge in [-0.25, -0.2) is 4.98 Å². The van der Waals surface area contributed by atoms with Gasteiger partial charge in [-0.05, 0) is 37.4 Å². The fourth-order valence-corrected chi connectivity index (χ4v) is 3.05. The summed E-state index contributed by atoms with van der Waals surface area (Å²) in [5.41, 5.74) is 6.41. The van der Waals surface area contributed by atoms with E-state index in [2.05, 4.69) is 20.2 Å². The number of halogens is 1. The lowest BCUT2D eigenvalue weighted by molar-refractivity contribution is 0.318. The van der Waals surface area contributed by atoms with Gasteiger partial charge in [-0.3, -0.25) is 4.90 Å². The second kappa shape index (κ2) is 4.31. The summed E-state index contributed by atoms with van der Waals surface area (Å²) in [5, 5.41) is 3.66. The van der Waals surface area contributed by atoms with Crippen molar-refractivity contribution in [2.24, 2.45) is 0 Å². The summed E-state index contributed by atoms with van der Waals surface area (Å²) in [5.74, 6) is 0.670. The van der Waals surface area contributed by atoms with E-state index in [-0.39, 0.29) is 5.28 Å². The summed E-state index contributed by atoms with van der Waals surface area (Å²) < 4.78 is 0. The Morgan fingerprint density at radius 2 is 2.29 bits per heavy atom. The van der Waals surface area contributed by atoms with E-state index < -0.39 is 0 Å². The zero-order chi connectivity index (χ0) is 11.8. The number of nitrogens with zero attached hydrogens (tertiary/aromatic N) is 3. The number of anilines is 2. The normalized spacial score (nSPS) is 28.3. The monoisotopic (exact) mass is 253 g/mol. The molecule has 2 aliphatic rings. The fourth-order valence-electron chi connectivity index (χ4n) is 2.91. The van der Waals surface area contributed by atoms with Gasteiger partial charge < -0.3 is 11.1 Å². The molecule has 1 aromatic rings. The first-order chi connectivity index (χ1) is 8.24. The molecule has 0 amide bonds. The minimum absolute atomic E-state index is 0.239. The van der Waals surface area contributed by atoms with Gasteiger partial charge in [0.05, 0.1) is 11.9 Å². The maximum atomic E-state index is 5.84. The summed E-state index contributed by atoms with van der Waals surface area (Å²) in [6.07, 6.45) is 5.25.